The normalized spacial score (nSPS) is 16.1. The van der Waals surface area contributed by atoms with Gasteiger partial charge in [-0.1, -0.05) is 68.5 Å². The zero-order valence-corrected chi connectivity index (χ0v) is 21.9. The van der Waals surface area contributed by atoms with E-state index in [0.29, 0.717) is 25.7 Å². The first-order valence-corrected chi connectivity index (χ1v) is 12.9. The van der Waals surface area contributed by atoms with Crippen LogP contribution in [0.1, 0.15) is 25.1 Å². The van der Waals surface area contributed by atoms with Gasteiger partial charge in [0.05, 0.1) is 24.6 Å². The molecule has 3 aromatic rings. The molecule has 6 nitrogen and oxygen atoms in total. The van der Waals surface area contributed by atoms with Gasteiger partial charge in [0, 0.05) is 30.9 Å². The number of aromatic nitrogens is 3. The predicted molar refractivity (Wildman–Crippen MR) is 150 cm³/mol. The van der Waals surface area contributed by atoms with Crippen LogP contribution in [0.25, 0.3) is 23.2 Å². The lowest BCUT2D eigenvalue weighted by Crippen LogP contribution is -2.37. The van der Waals surface area contributed by atoms with Gasteiger partial charge in [0.2, 0.25) is 0 Å². The van der Waals surface area contributed by atoms with Gasteiger partial charge in [-0.3, -0.25) is 0 Å². The van der Waals surface area contributed by atoms with Crippen LogP contribution in [-0.2, 0) is 4.74 Å². The summed E-state index contributed by atoms with van der Waals surface area (Å²) in [5, 5.41) is 4.87. The van der Waals surface area contributed by atoms with Crippen LogP contribution >= 0.6 is 0 Å². The van der Waals surface area contributed by atoms with Crippen LogP contribution in [-0.4, -0.2) is 47.7 Å². The lowest BCUT2D eigenvalue weighted by Gasteiger charge is -2.32. The van der Waals surface area contributed by atoms with Crippen molar-refractivity contribution >= 4 is 11.8 Å². The summed E-state index contributed by atoms with van der Waals surface area (Å²) in [5.41, 5.74) is 7.11. The Kier molecular flexibility index (Phi) is 7.37. The highest BCUT2D eigenvalue weighted by Crippen LogP contribution is 2.38. The van der Waals surface area contributed by atoms with Crippen molar-refractivity contribution in [3.05, 3.63) is 95.9 Å². The molecule has 6 heteroatoms. The molecule has 190 valence electrons. The number of aryl methyl sites for hydroxylation is 1. The fraction of sp³-hybridized carbons (Fsp3) is 0.290. The van der Waals surface area contributed by atoms with Crippen LogP contribution in [0.4, 0.5) is 5.69 Å². The van der Waals surface area contributed by atoms with Crippen LogP contribution < -0.4 is 9.64 Å². The Morgan fingerprint density at radius 2 is 1.97 bits per heavy atom. The monoisotopic (exact) mass is 494 g/mol. The van der Waals surface area contributed by atoms with Crippen LogP contribution in [0.3, 0.4) is 0 Å². The molecule has 1 fully saturated rings. The van der Waals surface area contributed by atoms with Crippen molar-refractivity contribution in [2.75, 3.05) is 37.8 Å². The summed E-state index contributed by atoms with van der Waals surface area (Å²) >= 11 is 0. The maximum absolute atomic E-state index is 6.35. The summed E-state index contributed by atoms with van der Waals surface area (Å²) in [5.74, 6) is 2.05. The first-order valence-electron chi connectivity index (χ1n) is 12.9. The third kappa shape index (κ3) is 5.59. The molecule has 0 amide bonds. The number of allylic oxidation sites excluding steroid dienone is 4. The zero-order chi connectivity index (χ0) is 25.8. The van der Waals surface area contributed by atoms with Crippen molar-refractivity contribution in [3.8, 4) is 22.8 Å². The second kappa shape index (κ2) is 11.0. The molecule has 37 heavy (non-hydrogen) atoms. The molecule has 0 aliphatic carbocycles. The number of pyridine rings is 1. The Morgan fingerprint density at radius 3 is 2.73 bits per heavy atom. The molecule has 2 aromatic heterocycles. The molecule has 2 aliphatic heterocycles. The van der Waals surface area contributed by atoms with Crippen LogP contribution in [0.5, 0.6) is 5.75 Å². The number of hydrogen-bond acceptors (Lipinski definition) is 5. The molecule has 0 bridgehead atoms. The van der Waals surface area contributed by atoms with Crippen LogP contribution in [0, 0.1) is 12.8 Å². The molecule has 2 aliphatic rings. The maximum Gasteiger partial charge on any atom is 0.168 e. The van der Waals surface area contributed by atoms with Gasteiger partial charge in [-0.15, -0.1) is 0 Å². The highest BCUT2D eigenvalue weighted by atomic mass is 16.5. The van der Waals surface area contributed by atoms with E-state index < -0.39 is 0 Å². The Labute approximate surface area is 219 Å². The van der Waals surface area contributed by atoms with Crippen LogP contribution in [0.15, 0.2) is 84.6 Å². The summed E-state index contributed by atoms with van der Waals surface area (Å²) in [6, 6.07) is 12.5. The van der Waals surface area contributed by atoms with E-state index in [1.54, 1.807) is 0 Å². The molecule has 0 atom stereocenters. The van der Waals surface area contributed by atoms with Gasteiger partial charge < -0.3 is 14.4 Å². The molecule has 5 rings (SSSR count). The zero-order valence-electron chi connectivity index (χ0n) is 21.9. The average molecular weight is 495 g/mol. The van der Waals surface area contributed by atoms with Crippen molar-refractivity contribution in [2.45, 2.75) is 20.8 Å². The number of anilines is 1. The third-order valence-electron chi connectivity index (χ3n) is 6.50. The van der Waals surface area contributed by atoms with Crippen molar-refractivity contribution in [1.82, 2.24) is 14.8 Å². The number of rotatable bonds is 7. The van der Waals surface area contributed by atoms with Gasteiger partial charge in [0.1, 0.15) is 12.3 Å². The Bertz CT molecular complexity index is 1370. The SMILES string of the molecule is C=C/C(=C\C=C/C(C)C)C1=Cc2nc(-n3ccc(-c4cccc(C)c4)n3)cc(N3CCOCC3)c2OC1. The number of benzene rings is 1. The summed E-state index contributed by atoms with van der Waals surface area (Å²) in [4.78, 5) is 7.31. The molecule has 0 N–H and O–H groups in total. The molecule has 0 saturated carbocycles. The Hall–Kier alpha value is -3.90. The van der Waals surface area contributed by atoms with Gasteiger partial charge in [-0.05, 0) is 42.2 Å². The van der Waals surface area contributed by atoms with Gasteiger partial charge in [0.25, 0.3) is 0 Å². The largest absolute Gasteiger partial charge is 0.484 e. The minimum Gasteiger partial charge on any atom is -0.484 e. The first kappa shape index (κ1) is 24.8. The van der Waals surface area contributed by atoms with E-state index in [0.717, 1.165) is 58.4 Å². The van der Waals surface area contributed by atoms with E-state index in [4.69, 9.17) is 19.6 Å². The second-order valence-corrected chi connectivity index (χ2v) is 9.74. The van der Waals surface area contributed by atoms with E-state index in [2.05, 4.69) is 86.9 Å². The van der Waals surface area contributed by atoms with E-state index in [9.17, 15) is 0 Å². The van der Waals surface area contributed by atoms with Crippen molar-refractivity contribution in [3.63, 3.8) is 0 Å². The molecular formula is C31H34N4O2. The van der Waals surface area contributed by atoms with Crippen molar-refractivity contribution in [2.24, 2.45) is 5.92 Å². The Balaban J connectivity index is 1.57. The fourth-order valence-electron chi connectivity index (χ4n) is 4.55. The first-order chi connectivity index (χ1) is 18.0. The highest BCUT2D eigenvalue weighted by Gasteiger charge is 2.24. The summed E-state index contributed by atoms with van der Waals surface area (Å²) in [6.45, 7) is 13.9. The molecule has 0 unspecified atom stereocenters. The second-order valence-electron chi connectivity index (χ2n) is 9.74. The molecular weight excluding hydrogens is 460 g/mol. The lowest BCUT2D eigenvalue weighted by atomic mass is 10.0. The topological polar surface area (TPSA) is 52.4 Å². The number of fused-ring (bicyclic) bond motifs is 1. The minimum atomic E-state index is 0.470. The number of morpholine rings is 1. The number of ether oxygens (including phenoxy) is 2. The molecule has 1 aromatic carbocycles. The maximum atomic E-state index is 6.35. The molecule has 4 heterocycles. The van der Waals surface area contributed by atoms with E-state index in [-0.39, 0.29) is 0 Å². The van der Waals surface area contributed by atoms with Crippen molar-refractivity contribution < 1.29 is 9.47 Å². The highest BCUT2D eigenvalue weighted by molar-refractivity contribution is 5.75. The van der Waals surface area contributed by atoms with Gasteiger partial charge in [-0.2, -0.15) is 5.10 Å². The summed E-state index contributed by atoms with van der Waals surface area (Å²) in [7, 11) is 0. The molecule has 0 radical (unpaired) electrons. The van der Waals surface area contributed by atoms with Gasteiger partial charge >= 0.3 is 0 Å². The summed E-state index contributed by atoms with van der Waals surface area (Å²) < 4.78 is 13.8. The van der Waals surface area contributed by atoms with Crippen molar-refractivity contribution in [1.29, 1.82) is 0 Å². The lowest BCUT2D eigenvalue weighted by molar-refractivity contribution is 0.122. The minimum absolute atomic E-state index is 0.470. The predicted octanol–water partition coefficient (Wildman–Crippen LogP) is 6.18. The molecule has 0 spiro atoms. The van der Waals surface area contributed by atoms with E-state index in [1.807, 2.05) is 23.0 Å². The van der Waals surface area contributed by atoms with E-state index >= 15 is 0 Å². The molecule has 1 saturated heterocycles. The smallest absolute Gasteiger partial charge is 0.168 e. The fourth-order valence-corrected chi connectivity index (χ4v) is 4.55. The average Bonchev–Trinajstić information content (AvgIpc) is 3.41. The van der Waals surface area contributed by atoms with Gasteiger partial charge in [-0.25, -0.2) is 9.67 Å². The standard InChI is InChI=1S/C31H34N4O2/c1-5-24(10-6-8-22(2)3)26-19-28-31(37-21-26)29(34-14-16-36-17-15-34)20-30(32-28)35-13-12-27(33-35)25-11-7-9-23(4)18-25/h5-13,18-20,22H,1,14-17,21H2,2-4H3/b8-6-,24-10+. The third-order valence-corrected chi connectivity index (χ3v) is 6.50. The van der Waals surface area contributed by atoms with E-state index in [1.165, 1.54) is 5.56 Å². The van der Waals surface area contributed by atoms with Gasteiger partial charge in [0.15, 0.2) is 11.6 Å². The summed E-state index contributed by atoms with van der Waals surface area (Å²) in [6.07, 6.45) is 12.3. The number of hydrogen-bond donors (Lipinski definition) is 0. The van der Waals surface area contributed by atoms with Crippen LogP contribution in [0.2, 0.25) is 0 Å². The Morgan fingerprint density at radius 1 is 1.14 bits per heavy atom. The number of nitrogens with zero attached hydrogens (tertiary/aromatic N) is 4. The quantitative estimate of drug-likeness (QED) is 0.367.